The van der Waals surface area contributed by atoms with Gasteiger partial charge in [0.05, 0.1) is 35.9 Å². The van der Waals surface area contributed by atoms with Crippen molar-refractivity contribution >= 4 is 34.8 Å². The summed E-state index contributed by atoms with van der Waals surface area (Å²) in [6.07, 6.45) is 1.43. The summed E-state index contributed by atoms with van der Waals surface area (Å²) in [6, 6.07) is 16.5. The zero-order chi connectivity index (χ0) is 21.5. The third kappa shape index (κ3) is 5.13. The molecule has 2 N–H and O–H groups in total. The van der Waals surface area contributed by atoms with E-state index in [1.165, 1.54) is 13.3 Å². The van der Waals surface area contributed by atoms with Crippen molar-refractivity contribution in [3.8, 4) is 11.8 Å². The van der Waals surface area contributed by atoms with Crippen LogP contribution in [0.4, 0.5) is 11.5 Å². The molecule has 0 bridgehead atoms. The van der Waals surface area contributed by atoms with Crippen LogP contribution in [0.1, 0.15) is 26.3 Å². The van der Waals surface area contributed by atoms with Crippen molar-refractivity contribution in [2.75, 3.05) is 24.3 Å². The van der Waals surface area contributed by atoms with E-state index >= 15 is 0 Å². The molecule has 150 valence electrons. The van der Waals surface area contributed by atoms with E-state index in [1.54, 1.807) is 54.6 Å². The van der Waals surface area contributed by atoms with Gasteiger partial charge in [-0.1, -0.05) is 23.7 Å². The summed E-state index contributed by atoms with van der Waals surface area (Å²) in [6.45, 7) is -0.0301. The number of rotatable bonds is 7. The highest BCUT2D eigenvalue weighted by atomic mass is 35.5. The number of amides is 1. The Morgan fingerprint density at radius 1 is 1.13 bits per heavy atom. The minimum atomic E-state index is -0.419. The molecule has 0 aliphatic rings. The molecule has 8 heteroatoms. The highest BCUT2D eigenvalue weighted by Crippen LogP contribution is 2.23. The Labute approximate surface area is 178 Å². The quantitative estimate of drug-likeness (QED) is 0.556. The van der Waals surface area contributed by atoms with Gasteiger partial charge in [-0.15, -0.1) is 0 Å². The third-order valence-electron chi connectivity index (χ3n) is 4.22. The number of halogens is 1. The number of ketones is 1. The molecule has 7 nitrogen and oxygen atoms in total. The number of carbonyl (C=O) groups is 2. The van der Waals surface area contributed by atoms with Crippen molar-refractivity contribution in [3.63, 3.8) is 0 Å². The van der Waals surface area contributed by atoms with Gasteiger partial charge in [-0.05, 0) is 42.5 Å². The molecule has 0 fully saturated rings. The summed E-state index contributed by atoms with van der Waals surface area (Å²) in [5.74, 6) is 0.234. The number of hydrogen-bond acceptors (Lipinski definition) is 6. The molecule has 0 aliphatic carbocycles. The summed E-state index contributed by atoms with van der Waals surface area (Å²) < 4.78 is 5.21. The lowest BCUT2D eigenvalue weighted by Crippen LogP contribution is -2.19. The van der Waals surface area contributed by atoms with Crippen LogP contribution in [0, 0.1) is 11.3 Å². The maximum atomic E-state index is 12.8. The van der Waals surface area contributed by atoms with Crippen LogP contribution in [0.15, 0.2) is 60.8 Å². The lowest BCUT2D eigenvalue weighted by molar-refractivity contribution is 0.1000. The highest BCUT2D eigenvalue weighted by Gasteiger charge is 2.15. The standard InChI is InChI=1S/C22H17ClN4O3/c1-30-17-7-8-19(25-13-20(28)15-4-2-14(11-24)3-5-15)18(10-17)22(29)27-21-9-6-16(23)12-26-21/h2-10,12,25H,13H2,1H3,(H,26,27,29). The number of methoxy groups -OCH3 is 1. The Hall–Kier alpha value is -3.89. The maximum Gasteiger partial charge on any atom is 0.259 e. The van der Waals surface area contributed by atoms with E-state index in [1.807, 2.05) is 6.07 Å². The minimum absolute atomic E-state index is 0.0301. The smallest absolute Gasteiger partial charge is 0.259 e. The average molecular weight is 421 g/mol. The van der Waals surface area contributed by atoms with Crippen LogP contribution in [0.2, 0.25) is 5.02 Å². The first-order chi connectivity index (χ1) is 14.5. The van der Waals surface area contributed by atoms with Gasteiger partial charge in [0.15, 0.2) is 5.78 Å². The maximum absolute atomic E-state index is 12.8. The number of ether oxygens (including phenoxy) is 1. The van der Waals surface area contributed by atoms with E-state index < -0.39 is 5.91 Å². The van der Waals surface area contributed by atoms with Crippen LogP contribution >= 0.6 is 11.6 Å². The average Bonchev–Trinajstić information content (AvgIpc) is 2.78. The van der Waals surface area contributed by atoms with Crippen LogP contribution in [-0.2, 0) is 0 Å². The summed E-state index contributed by atoms with van der Waals surface area (Å²) in [7, 11) is 1.50. The number of Topliss-reactive ketones (excluding diaryl/α,β-unsaturated/α-hetero) is 1. The molecule has 1 heterocycles. The zero-order valence-electron chi connectivity index (χ0n) is 16.0. The van der Waals surface area contributed by atoms with Gasteiger partial charge < -0.3 is 15.4 Å². The third-order valence-corrected chi connectivity index (χ3v) is 4.44. The normalized spacial score (nSPS) is 10.0. The van der Waals surface area contributed by atoms with Crippen molar-refractivity contribution in [2.45, 2.75) is 0 Å². The monoisotopic (exact) mass is 420 g/mol. The van der Waals surface area contributed by atoms with E-state index in [9.17, 15) is 9.59 Å². The molecule has 2 aromatic carbocycles. The van der Waals surface area contributed by atoms with E-state index in [-0.39, 0.29) is 12.3 Å². The molecule has 0 saturated carbocycles. The lowest BCUT2D eigenvalue weighted by atomic mass is 10.1. The Bertz CT molecular complexity index is 1110. The van der Waals surface area contributed by atoms with Gasteiger partial charge in [-0.2, -0.15) is 5.26 Å². The number of nitrogens with one attached hydrogen (secondary N) is 2. The topological polar surface area (TPSA) is 104 Å². The largest absolute Gasteiger partial charge is 0.497 e. The molecule has 3 aromatic rings. The second-order valence-corrected chi connectivity index (χ2v) is 6.63. The van der Waals surface area contributed by atoms with Gasteiger partial charge in [0, 0.05) is 17.4 Å². The fourth-order valence-electron chi connectivity index (χ4n) is 2.63. The second kappa shape index (κ2) is 9.54. The molecule has 0 atom stereocenters. The summed E-state index contributed by atoms with van der Waals surface area (Å²) in [5, 5.41) is 15.0. The zero-order valence-corrected chi connectivity index (χ0v) is 16.7. The molecule has 1 aromatic heterocycles. The molecule has 30 heavy (non-hydrogen) atoms. The molecule has 0 aliphatic heterocycles. The number of hydrogen-bond donors (Lipinski definition) is 2. The number of aromatic nitrogens is 1. The van der Waals surface area contributed by atoms with Crippen molar-refractivity contribution in [3.05, 3.63) is 82.5 Å². The second-order valence-electron chi connectivity index (χ2n) is 6.19. The SMILES string of the molecule is COc1ccc(NCC(=O)c2ccc(C#N)cc2)c(C(=O)Nc2ccc(Cl)cn2)c1. The van der Waals surface area contributed by atoms with Gasteiger partial charge >= 0.3 is 0 Å². The van der Waals surface area contributed by atoms with E-state index in [2.05, 4.69) is 15.6 Å². The first-order valence-corrected chi connectivity index (χ1v) is 9.26. The van der Waals surface area contributed by atoms with Crippen LogP contribution in [0.3, 0.4) is 0 Å². The first-order valence-electron chi connectivity index (χ1n) is 8.88. The molecule has 0 radical (unpaired) electrons. The molecule has 0 unspecified atom stereocenters. The van der Waals surface area contributed by atoms with Crippen molar-refractivity contribution in [1.29, 1.82) is 5.26 Å². The molecule has 3 rings (SSSR count). The predicted molar refractivity (Wildman–Crippen MR) is 114 cm³/mol. The van der Waals surface area contributed by atoms with Crippen molar-refractivity contribution in [2.24, 2.45) is 0 Å². The fourth-order valence-corrected chi connectivity index (χ4v) is 2.75. The van der Waals surface area contributed by atoms with Crippen LogP contribution in [0.5, 0.6) is 5.75 Å². The number of nitrogens with zero attached hydrogens (tertiary/aromatic N) is 2. The van der Waals surface area contributed by atoms with Gasteiger partial charge in [0.2, 0.25) is 0 Å². The van der Waals surface area contributed by atoms with Crippen molar-refractivity contribution < 1.29 is 14.3 Å². The summed E-state index contributed by atoms with van der Waals surface area (Å²) >= 11 is 5.82. The Morgan fingerprint density at radius 3 is 2.53 bits per heavy atom. The van der Waals surface area contributed by atoms with Gasteiger partial charge in [-0.3, -0.25) is 9.59 Å². The van der Waals surface area contributed by atoms with Gasteiger partial charge in [0.25, 0.3) is 5.91 Å². The van der Waals surface area contributed by atoms with E-state index in [0.29, 0.717) is 39.0 Å². The highest BCUT2D eigenvalue weighted by molar-refractivity contribution is 6.30. The van der Waals surface area contributed by atoms with Crippen molar-refractivity contribution in [1.82, 2.24) is 4.98 Å². The fraction of sp³-hybridized carbons (Fsp3) is 0.0909. The lowest BCUT2D eigenvalue weighted by Gasteiger charge is -2.13. The number of carbonyl (C=O) groups excluding carboxylic acids is 2. The van der Waals surface area contributed by atoms with Crippen LogP contribution in [0.25, 0.3) is 0 Å². The van der Waals surface area contributed by atoms with Crippen LogP contribution < -0.4 is 15.4 Å². The Kier molecular flexibility index (Phi) is 6.63. The molecule has 0 saturated heterocycles. The molecular formula is C22H17ClN4O3. The number of benzene rings is 2. The van der Waals surface area contributed by atoms with Gasteiger partial charge in [0.1, 0.15) is 11.6 Å². The minimum Gasteiger partial charge on any atom is -0.497 e. The number of anilines is 2. The first kappa shape index (κ1) is 20.8. The van der Waals surface area contributed by atoms with Crippen LogP contribution in [-0.4, -0.2) is 30.3 Å². The molecule has 0 spiro atoms. The van der Waals surface area contributed by atoms with Gasteiger partial charge in [-0.25, -0.2) is 4.98 Å². The van der Waals surface area contributed by atoms with E-state index in [4.69, 9.17) is 21.6 Å². The predicted octanol–water partition coefficient (Wildman–Crippen LogP) is 4.16. The van der Waals surface area contributed by atoms with E-state index in [0.717, 1.165) is 0 Å². The molecular weight excluding hydrogens is 404 g/mol. The Morgan fingerprint density at radius 2 is 1.90 bits per heavy atom. The number of nitriles is 1. The Balaban J connectivity index is 1.76. The number of pyridine rings is 1. The summed E-state index contributed by atoms with van der Waals surface area (Å²) in [4.78, 5) is 29.3. The summed E-state index contributed by atoms with van der Waals surface area (Å²) in [5.41, 5.74) is 1.69. The molecule has 1 amide bonds.